The molecule has 0 saturated carbocycles. The Bertz CT molecular complexity index is 1100. The summed E-state index contributed by atoms with van der Waals surface area (Å²) in [5.74, 6) is -0.302. The van der Waals surface area contributed by atoms with E-state index in [2.05, 4.69) is 37.0 Å². The lowest BCUT2D eigenvalue weighted by Crippen LogP contribution is -2.51. The van der Waals surface area contributed by atoms with E-state index in [0.29, 0.717) is 39.0 Å². The molecule has 0 bridgehead atoms. The van der Waals surface area contributed by atoms with Gasteiger partial charge in [-0.1, -0.05) is 32.9 Å². The average molecular weight is 521 g/mol. The number of urea groups is 1. The number of hydrogen-bond donors (Lipinski definition) is 0. The summed E-state index contributed by atoms with van der Waals surface area (Å²) in [5, 5.41) is 12.2. The Balaban J connectivity index is 1.56. The first-order chi connectivity index (χ1) is 16.9. The summed E-state index contributed by atoms with van der Waals surface area (Å²) in [6.07, 6.45) is -2.65. The maximum atomic E-state index is 13.5. The Labute approximate surface area is 213 Å². The van der Waals surface area contributed by atoms with Crippen LogP contribution in [0.3, 0.4) is 0 Å². The summed E-state index contributed by atoms with van der Waals surface area (Å²) >= 11 is 1.60. The molecule has 2 aromatic rings. The molecular formula is C26H31F3N4O2S. The second kappa shape index (κ2) is 10.3. The Morgan fingerprint density at radius 1 is 1.08 bits per heavy atom. The van der Waals surface area contributed by atoms with Gasteiger partial charge >= 0.3 is 12.4 Å². The fraction of sp³-hybridized carbons (Fsp3) is 0.577. The molecule has 2 unspecified atom stereocenters. The molecule has 2 fully saturated rings. The number of ether oxygens (including phenoxy) is 1. The molecule has 0 radical (unpaired) electrons. The lowest BCUT2D eigenvalue weighted by molar-refractivity contribution is -0.274. The number of thiazole rings is 1. The third-order valence-corrected chi connectivity index (χ3v) is 7.90. The summed E-state index contributed by atoms with van der Waals surface area (Å²) in [6, 6.07) is 8.20. The predicted octanol–water partition coefficient (Wildman–Crippen LogP) is 6.27. The van der Waals surface area contributed by atoms with Gasteiger partial charge in [-0.2, -0.15) is 5.26 Å². The first-order valence-electron chi connectivity index (χ1n) is 12.2. The van der Waals surface area contributed by atoms with Gasteiger partial charge in [0.25, 0.3) is 0 Å². The smallest absolute Gasteiger partial charge is 0.406 e. The second-order valence-electron chi connectivity index (χ2n) is 10.6. The number of nitrogens with zero attached hydrogens (tertiary/aromatic N) is 4. The van der Waals surface area contributed by atoms with Crippen LogP contribution in [0, 0.1) is 17.2 Å². The number of nitriles is 1. The highest BCUT2D eigenvalue weighted by Gasteiger charge is 2.36. The number of carbonyl (C=O) groups excluding carboxylic acids is 1. The van der Waals surface area contributed by atoms with Crippen LogP contribution in [0.15, 0.2) is 29.6 Å². The molecule has 3 heterocycles. The van der Waals surface area contributed by atoms with Crippen LogP contribution >= 0.6 is 11.3 Å². The van der Waals surface area contributed by atoms with Crippen molar-refractivity contribution in [1.82, 2.24) is 14.8 Å². The van der Waals surface area contributed by atoms with Crippen LogP contribution in [-0.4, -0.2) is 53.4 Å². The number of aromatic nitrogens is 1. The standard InChI is InChI=1S/C26H31F3N4O2S/c1-25(2,3)22-16-36-23(31-22)20-12-19(18-4-6-21(7-5-18)35-26(27,28)29)14-33(15-20)24(34)32-10-8-17(13-30)9-11-32/h4-7,16-17,19-20H,8-12,14-15H2,1-3H3. The van der Waals surface area contributed by atoms with Crippen molar-refractivity contribution in [3.63, 3.8) is 0 Å². The average Bonchev–Trinajstić information content (AvgIpc) is 3.34. The van der Waals surface area contributed by atoms with Gasteiger partial charge in [0.15, 0.2) is 0 Å². The topological polar surface area (TPSA) is 69.5 Å². The van der Waals surface area contributed by atoms with E-state index in [0.717, 1.165) is 22.7 Å². The van der Waals surface area contributed by atoms with Crippen molar-refractivity contribution in [2.24, 2.45) is 5.92 Å². The third kappa shape index (κ3) is 6.30. The molecule has 0 N–H and O–H groups in total. The van der Waals surface area contributed by atoms with Gasteiger partial charge in [-0.05, 0) is 37.0 Å². The van der Waals surface area contributed by atoms with E-state index < -0.39 is 6.36 Å². The summed E-state index contributed by atoms with van der Waals surface area (Å²) in [4.78, 5) is 22.1. The van der Waals surface area contributed by atoms with Gasteiger partial charge in [-0.15, -0.1) is 24.5 Å². The van der Waals surface area contributed by atoms with Gasteiger partial charge in [0, 0.05) is 54.7 Å². The number of amides is 2. The highest BCUT2D eigenvalue weighted by atomic mass is 32.1. The largest absolute Gasteiger partial charge is 0.573 e. The van der Waals surface area contributed by atoms with Gasteiger partial charge in [0.1, 0.15) is 5.75 Å². The van der Waals surface area contributed by atoms with E-state index in [1.54, 1.807) is 23.5 Å². The number of benzene rings is 1. The number of halogens is 3. The van der Waals surface area contributed by atoms with Crippen molar-refractivity contribution < 1.29 is 22.7 Å². The number of piperidine rings is 2. The molecule has 2 atom stereocenters. The molecule has 0 aliphatic carbocycles. The lowest BCUT2D eigenvalue weighted by Gasteiger charge is -2.41. The van der Waals surface area contributed by atoms with Gasteiger partial charge in [0.2, 0.25) is 0 Å². The van der Waals surface area contributed by atoms with E-state index in [1.807, 2.05) is 9.80 Å². The van der Waals surface area contributed by atoms with E-state index in [9.17, 15) is 23.2 Å². The van der Waals surface area contributed by atoms with E-state index in [1.165, 1.54) is 12.1 Å². The van der Waals surface area contributed by atoms with Crippen LogP contribution in [0.2, 0.25) is 0 Å². The molecule has 2 amide bonds. The van der Waals surface area contributed by atoms with Crippen molar-refractivity contribution in [2.45, 2.75) is 63.6 Å². The Kier molecular flexibility index (Phi) is 7.51. The molecule has 10 heteroatoms. The SMILES string of the molecule is CC(C)(C)c1csc(C2CC(c3ccc(OC(F)(F)F)cc3)CN(C(=O)N3CCC(C#N)CC3)C2)n1. The van der Waals surface area contributed by atoms with Crippen LogP contribution in [0.5, 0.6) is 5.75 Å². The van der Waals surface area contributed by atoms with Gasteiger partial charge in [-0.25, -0.2) is 9.78 Å². The van der Waals surface area contributed by atoms with E-state index in [4.69, 9.17) is 4.98 Å². The van der Waals surface area contributed by atoms with Gasteiger partial charge in [-0.3, -0.25) is 0 Å². The Morgan fingerprint density at radius 3 is 2.28 bits per heavy atom. The fourth-order valence-corrected chi connectivity index (χ4v) is 5.99. The number of alkyl halides is 3. The number of likely N-dealkylation sites (tertiary alicyclic amines) is 2. The molecule has 2 aliphatic rings. The fourth-order valence-electron chi connectivity index (χ4n) is 4.84. The van der Waals surface area contributed by atoms with Gasteiger partial charge < -0.3 is 14.5 Å². The third-order valence-electron chi connectivity index (χ3n) is 6.89. The van der Waals surface area contributed by atoms with Crippen LogP contribution in [-0.2, 0) is 5.41 Å². The highest BCUT2D eigenvalue weighted by molar-refractivity contribution is 7.09. The zero-order chi connectivity index (χ0) is 26.1. The van der Waals surface area contributed by atoms with Crippen molar-refractivity contribution in [3.05, 3.63) is 45.9 Å². The van der Waals surface area contributed by atoms with E-state index in [-0.39, 0.29) is 34.9 Å². The van der Waals surface area contributed by atoms with E-state index >= 15 is 0 Å². The normalized spacial score (nSPS) is 21.8. The quantitative estimate of drug-likeness (QED) is 0.479. The minimum atomic E-state index is -4.74. The summed E-state index contributed by atoms with van der Waals surface area (Å²) in [5.41, 5.74) is 1.79. The molecule has 2 aliphatic heterocycles. The molecule has 6 nitrogen and oxygen atoms in total. The van der Waals surface area contributed by atoms with Crippen molar-refractivity contribution in [2.75, 3.05) is 26.2 Å². The van der Waals surface area contributed by atoms with Crippen molar-refractivity contribution in [3.8, 4) is 11.8 Å². The number of carbonyl (C=O) groups is 1. The lowest BCUT2D eigenvalue weighted by atomic mass is 9.84. The monoisotopic (exact) mass is 520 g/mol. The summed E-state index contributed by atoms with van der Waals surface area (Å²) in [7, 11) is 0. The minimum Gasteiger partial charge on any atom is -0.406 e. The van der Waals surface area contributed by atoms with Crippen LogP contribution in [0.25, 0.3) is 0 Å². The maximum Gasteiger partial charge on any atom is 0.573 e. The first-order valence-corrected chi connectivity index (χ1v) is 13.1. The van der Waals surface area contributed by atoms with Crippen LogP contribution in [0.1, 0.15) is 68.1 Å². The van der Waals surface area contributed by atoms with Crippen molar-refractivity contribution in [1.29, 1.82) is 5.26 Å². The number of rotatable bonds is 3. The Hall–Kier alpha value is -2.80. The molecule has 4 rings (SSSR count). The zero-order valence-electron chi connectivity index (χ0n) is 20.7. The molecule has 0 spiro atoms. The molecule has 1 aromatic heterocycles. The highest BCUT2D eigenvalue weighted by Crippen LogP contribution is 2.39. The van der Waals surface area contributed by atoms with Crippen LogP contribution in [0.4, 0.5) is 18.0 Å². The summed E-state index contributed by atoms with van der Waals surface area (Å²) in [6.45, 7) is 8.46. The van der Waals surface area contributed by atoms with Crippen LogP contribution < -0.4 is 4.74 Å². The number of hydrogen-bond acceptors (Lipinski definition) is 5. The molecular weight excluding hydrogens is 489 g/mol. The van der Waals surface area contributed by atoms with Crippen molar-refractivity contribution >= 4 is 17.4 Å². The zero-order valence-corrected chi connectivity index (χ0v) is 21.5. The van der Waals surface area contributed by atoms with Gasteiger partial charge in [0.05, 0.1) is 16.8 Å². The maximum absolute atomic E-state index is 13.5. The first kappa shape index (κ1) is 26.3. The predicted molar refractivity (Wildman–Crippen MR) is 131 cm³/mol. The molecule has 1 aromatic carbocycles. The summed E-state index contributed by atoms with van der Waals surface area (Å²) < 4.78 is 41.8. The Morgan fingerprint density at radius 2 is 1.72 bits per heavy atom. The molecule has 2 saturated heterocycles. The minimum absolute atomic E-state index is 0.0144. The second-order valence-corrected chi connectivity index (χ2v) is 11.5. The molecule has 36 heavy (non-hydrogen) atoms. The molecule has 194 valence electrons.